The maximum absolute atomic E-state index is 11.9. The molecule has 1 fully saturated rings. The van der Waals surface area contributed by atoms with Crippen LogP contribution in [0.2, 0.25) is 0 Å². The largest absolute Gasteiger partial charge is 0.493 e. The lowest BCUT2D eigenvalue weighted by Crippen LogP contribution is -2.48. The molecule has 1 heterocycles. The molecule has 8 nitrogen and oxygen atoms in total. The summed E-state index contributed by atoms with van der Waals surface area (Å²) in [7, 11) is -0.0472. The van der Waals surface area contributed by atoms with Crippen molar-refractivity contribution in [3.63, 3.8) is 0 Å². The molecule has 0 unspecified atom stereocenters. The van der Waals surface area contributed by atoms with Gasteiger partial charge in [-0.25, -0.2) is 8.42 Å². The number of hydrogen-bond acceptors (Lipinski definition) is 7. The molecule has 0 saturated carbocycles. The second kappa shape index (κ2) is 8.60. The molecule has 0 aliphatic carbocycles. The minimum atomic E-state index is -3.12. The highest BCUT2D eigenvalue weighted by Crippen LogP contribution is 2.28. The van der Waals surface area contributed by atoms with E-state index >= 15 is 0 Å². The summed E-state index contributed by atoms with van der Waals surface area (Å²) < 4.78 is 38.4. The number of amides is 1. The third kappa shape index (κ3) is 6.13. The molecule has 0 aromatic heterocycles. The Kier molecular flexibility index (Phi) is 6.69. The second-order valence-corrected chi connectivity index (χ2v) is 8.98. The van der Waals surface area contributed by atoms with Crippen molar-refractivity contribution in [1.29, 1.82) is 0 Å². The van der Waals surface area contributed by atoms with Crippen molar-refractivity contribution in [3.8, 4) is 11.5 Å². The molecule has 0 spiro atoms. The van der Waals surface area contributed by atoms with Crippen LogP contribution in [0.3, 0.4) is 0 Å². The zero-order valence-electron chi connectivity index (χ0n) is 15.7. The van der Waals surface area contributed by atoms with Crippen LogP contribution < -0.4 is 14.8 Å². The van der Waals surface area contributed by atoms with Gasteiger partial charge in [0.25, 0.3) is 5.91 Å². The van der Waals surface area contributed by atoms with Gasteiger partial charge in [0, 0.05) is 6.42 Å². The summed E-state index contributed by atoms with van der Waals surface area (Å²) in [5.74, 6) is 0.108. The predicted molar refractivity (Wildman–Crippen MR) is 98.6 cm³/mol. The van der Waals surface area contributed by atoms with Gasteiger partial charge in [0.15, 0.2) is 27.9 Å². The fraction of sp³-hybridized carbons (Fsp3) is 0.556. The molecule has 1 N–H and O–H groups in total. The molecular formula is C18H25NO7S. The van der Waals surface area contributed by atoms with Crippen LogP contribution in [-0.4, -0.2) is 58.2 Å². The van der Waals surface area contributed by atoms with Gasteiger partial charge in [-0.05, 0) is 37.5 Å². The minimum Gasteiger partial charge on any atom is -0.493 e. The highest BCUT2D eigenvalue weighted by Gasteiger charge is 2.39. The van der Waals surface area contributed by atoms with Gasteiger partial charge in [-0.3, -0.25) is 9.59 Å². The third-order valence-electron chi connectivity index (χ3n) is 4.37. The average molecular weight is 399 g/mol. The Morgan fingerprint density at radius 2 is 1.89 bits per heavy atom. The first-order valence-electron chi connectivity index (χ1n) is 8.54. The summed E-state index contributed by atoms with van der Waals surface area (Å²) in [6, 6.07) is 5.35. The van der Waals surface area contributed by atoms with Gasteiger partial charge in [0.1, 0.15) is 0 Å². The molecule has 1 saturated heterocycles. The minimum absolute atomic E-state index is 0.0505. The standard InChI is InChI=1S/C18H25NO7S/c1-18(8-9-27(22,23)12-18)19-16(20)11-26-17(21)7-5-13-4-6-14(24-2)15(10-13)25-3/h4,6,10H,5,7-9,11-12H2,1-3H3,(H,19,20)/t18-/m1/s1. The molecule has 1 atom stereocenters. The van der Waals surface area contributed by atoms with Crippen molar-refractivity contribution < 1.29 is 32.2 Å². The van der Waals surface area contributed by atoms with Crippen LogP contribution in [0.5, 0.6) is 11.5 Å². The lowest BCUT2D eigenvalue weighted by atomic mass is 10.0. The molecule has 9 heteroatoms. The number of esters is 1. The normalized spacial score (nSPS) is 20.7. The summed E-state index contributed by atoms with van der Waals surface area (Å²) >= 11 is 0. The number of carbonyl (C=O) groups excluding carboxylic acids is 2. The number of rotatable bonds is 8. The van der Waals surface area contributed by atoms with Crippen LogP contribution in [0.15, 0.2) is 18.2 Å². The maximum atomic E-state index is 11.9. The van der Waals surface area contributed by atoms with Gasteiger partial charge in [0.05, 0.1) is 31.3 Å². The van der Waals surface area contributed by atoms with E-state index in [-0.39, 0.29) is 17.9 Å². The van der Waals surface area contributed by atoms with Crippen LogP contribution >= 0.6 is 0 Å². The Balaban J connectivity index is 1.77. The molecule has 1 aliphatic heterocycles. The van der Waals surface area contributed by atoms with Crippen molar-refractivity contribution >= 4 is 21.7 Å². The van der Waals surface area contributed by atoms with Gasteiger partial charge in [-0.2, -0.15) is 0 Å². The third-order valence-corrected chi connectivity index (χ3v) is 6.28. The smallest absolute Gasteiger partial charge is 0.306 e. The first-order chi connectivity index (χ1) is 12.7. The lowest BCUT2D eigenvalue weighted by molar-refractivity contribution is -0.148. The Labute approximate surface area is 159 Å². The molecular weight excluding hydrogens is 374 g/mol. The van der Waals surface area contributed by atoms with E-state index in [4.69, 9.17) is 14.2 Å². The van der Waals surface area contributed by atoms with Crippen LogP contribution in [0.25, 0.3) is 0 Å². The van der Waals surface area contributed by atoms with Crippen LogP contribution in [0, 0.1) is 0 Å². The van der Waals surface area contributed by atoms with Crippen LogP contribution in [-0.2, 0) is 30.6 Å². The van der Waals surface area contributed by atoms with Gasteiger partial charge in [0.2, 0.25) is 0 Å². The van der Waals surface area contributed by atoms with E-state index in [0.717, 1.165) is 5.56 Å². The zero-order chi connectivity index (χ0) is 20.1. The topological polar surface area (TPSA) is 108 Å². The Hall–Kier alpha value is -2.29. The number of ether oxygens (including phenoxy) is 3. The zero-order valence-corrected chi connectivity index (χ0v) is 16.6. The summed E-state index contributed by atoms with van der Waals surface area (Å²) in [6.07, 6.45) is 0.888. The van der Waals surface area contributed by atoms with Gasteiger partial charge in [-0.1, -0.05) is 6.07 Å². The quantitative estimate of drug-likeness (QED) is 0.646. The fourth-order valence-electron chi connectivity index (χ4n) is 2.98. The van der Waals surface area contributed by atoms with Crippen molar-refractivity contribution in [3.05, 3.63) is 23.8 Å². The maximum Gasteiger partial charge on any atom is 0.306 e. The van der Waals surface area contributed by atoms with E-state index in [1.807, 2.05) is 6.07 Å². The number of sulfone groups is 1. The molecule has 1 aromatic rings. The molecule has 1 aromatic carbocycles. The Bertz CT molecular complexity index is 806. The second-order valence-electron chi connectivity index (χ2n) is 6.80. The SMILES string of the molecule is COc1ccc(CCC(=O)OCC(=O)N[C@]2(C)CCS(=O)(=O)C2)cc1OC. The summed E-state index contributed by atoms with van der Waals surface area (Å²) in [6.45, 7) is 1.24. The average Bonchev–Trinajstić information content (AvgIpc) is 2.90. The van der Waals surface area contributed by atoms with Crippen molar-refractivity contribution in [2.45, 2.75) is 31.7 Å². The Morgan fingerprint density at radius 3 is 2.48 bits per heavy atom. The Morgan fingerprint density at radius 1 is 1.19 bits per heavy atom. The number of nitrogens with one attached hydrogen (secondary N) is 1. The predicted octanol–water partition coefficient (Wildman–Crippen LogP) is 0.873. The van der Waals surface area contributed by atoms with Gasteiger partial charge < -0.3 is 19.5 Å². The number of methoxy groups -OCH3 is 2. The molecule has 27 heavy (non-hydrogen) atoms. The summed E-state index contributed by atoms with van der Waals surface area (Å²) in [5, 5.41) is 2.64. The van der Waals surface area contributed by atoms with E-state index in [1.54, 1.807) is 26.2 Å². The van der Waals surface area contributed by atoms with Crippen molar-refractivity contribution in [2.75, 3.05) is 32.3 Å². The van der Waals surface area contributed by atoms with E-state index in [1.165, 1.54) is 7.11 Å². The first kappa shape index (κ1) is 21.0. The molecule has 0 radical (unpaired) electrons. The summed E-state index contributed by atoms with van der Waals surface area (Å²) in [4.78, 5) is 23.8. The highest BCUT2D eigenvalue weighted by molar-refractivity contribution is 7.91. The van der Waals surface area contributed by atoms with Crippen LogP contribution in [0.1, 0.15) is 25.3 Å². The molecule has 150 valence electrons. The van der Waals surface area contributed by atoms with E-state index in [0.29, 0.717) is 24.3 Å². The molecule has 2 rings (SSSR count). The van der Waals surface area contributed by atoms with Crippen molar-refractivity contribution in [1.82, 2.24) is 5.32 Å². The molecule has 0 bridgehead atoms. The van der Waals surface area contributed by atoms with Crippen LogP contribution in [0.4, 0.5) is 0 Å². The van der Waals surface area contributed by atoms with Gasteiger partial charge >= 0.3 is 5.97 Å². The number of benzene rings is 1. The van der Waals surface area contributed by atoms with E-state index < -0.39 is 33.9 Å². The first-order valence-corrected chi connectivity index (χ1v) is 10.4. The number of aryl methyl sites for hydroxylation is 1. The van der Waals surface area contributed by atoms with Gasteiger partial charge in [-0.15, -0.1) is 0 Å². The monoisotopic (exact) mass is 399 g/mol. The lowest BCUT2D eigenvalue weighted by Gasteiger charge is -2.23. The molecule has 1 aliphatic rings. The van der Waals surface area contributed by atoms with Crippen molar-refractivity contribution in [2.24, 2.45) is 0 Å². The fourth-order valence-corrected chi connectivity index (χ4v) is 5.08. The molecule has 1 amide bonds. The number of carbonyl (C=O) groups is 2. The van der Waals surface area contributed by atoms with E-state index in [9.17, 15) is 18.0 Å². The highest BCUT2D eigenvalue weighted by atomic mass is 32.2. The number of hydrogen-bond donors (Lipinski definition) is 1. The van der Waals surface area contributed by atoms with E-state index in [2.05, 4.69) is 5.32 Å². The summed E-state index contributed by atoms with van der Waals surface area (Å²) in [5.41, 5.74) is 0.0693.